The molecule has 0 radical (unpaired) electrons. The molecule has 0 heterocycles. The number of hydrogen-bond donors (Lipinski definition) is 0. The zero-order valence-electron chi connectivity index (χ0n) is 27.8. The van der Waals surface area contributed by atoms with Gasteiger partial charge in [-0.1, -0.05) is 96.9 Å². The van der Waals surface area contributed by atoms with Crippen molar-refractivity contribution in [1.82, 2.24) is 0 Å². The molecule has 0 spiro atoms. The van der Waals surface area contributed by atoms with Crippen molar-refractivity contribution in [2.24, 2.45) is 0 Å². The van der Waals surface area contributed by atoms with Crippen molar-refractivity contribution in [3.05, 3.63) is 92.1 Å². The van der Waals surface area contributed by atoms with Crippen LogP contribution in [0.15, 0.2) is 58.7 Å². The summed E-state index contributed by atoms with van der Waals surface area (Å²) in [6, 6.07) is 11.6. The molecule has 4 aliphatic carbocycles. The maximum Gasteiger partial charge on any atom is 0.196 e. The lowest BCUT2D eigenvalue weighted by Crippen LogP contribution is -2.18. The Morgan fingerprint density at radius 2 is 1.10 bits per heavy atom. The predicted octanol–water partition coefficient (Wildman–Crippen LogP) is 9.79. The molecular formula is C38H52O4. The standard InChI is InChI=1S/2C15H14O2.4C2H6/c1-9-4-2-7-13(16)14(9)15(17)11-6-3-5-10-8-12(10)11;1-9-3-2-4-13(16)14(9)15(17)11-6-5-10-7-12(10)8-11;4*1-2/h3,5-6H,2,4,7-8H2,1H3;5-6,8H,2-4,7H2,1H3;4*1-2H3. The van der Waals surface area contributed by atoms with E-state index in [9.17, 15) is 19.2 Å². The van der Waals surface area contributed by atoms with E-state index >= 15 is 0 Å². The Labute approximate surface area is 254 Å². The monoisotopic (exact) mass is 572 g/mol. The first kappa shape index (κ1) is 36.6. The minimum atomic E-state index is -0.0816. The van der Waals surface area contributed by atoms with Gasteiger partial charge in [-0.3, -0.25) is 19.2 Å². The first-order valence-electron chi connectivity index (χ1n) is 16.1. The van der Waals surface area contributed by atoms with Crippen molar-refractivity contribution in [3.8, 4) is 0 Å². The molecule has 0 unspecified atom stereocenters. The molecule has 0 saturated heterocycles. The SMILES string of the molecule is CC.CC.CC.CC.CC1=C(C(=O)c2ccc3c(c2)C3)C(=O)CCC1.CC1=C(C(=O)c2cccc3c2C3)C(=O)CCC1. The van der Waals surface area contributed by atoms with Crippen molar-refractivity contribution >= 4 is 23.1 Å². The van der Waals surface area contributed by atoms with Crippen molar-refractivity contribution in [3.63, 3.8) is 0 Å². The maximum absolute atomic E-state index is 12.4. The normalized spacial score (nSPS) is 15.2. The third-order valence-electron chi connectivity index (χ3n) is 7.26. The Morgan fingerprint density at radius 3 is 1.60 bits per heavy atom. The van der Waals surface area contributed by atoms with Crippen LogP contribution in [0, 0.1) is 0 Å². The topological polar surface area (TPSA) is 68.3 Å². The highest BCUT2D eigenvalue weighted by molar-refractivity contribution is 6.28. The Hall–Kier alpha value is -3.40. The number of hydrogen-bond acceptors (Lipinski definition) is 4. The van der Waals surface area contributed by atoms with Gasteiger partial charge in [0.05, 0.1) is 11.1 Å². The third kappa shape index (κ3) is 9.05. The molecule has 0 amide bonds. The highest BCUT2D eigenvalue weighted by Gasteiger charge is 2.30. The second kappa shape index (κ2) is 18.2. The van der Waals surface area contributed by atoms with Gasteiger partial charge in [-0.25, -0.2) is 0 Å². The number of allylic oxidation sites excluding steroid dienone is 4. The van der Waals surface area contributed by atoms with Crippen LogP contribution in [0.5, 0.6) is 0 Å². The number of ketones is 4. The van der Waals surface area contributed by atoms with E-state index in [2.05, 4.69) is 0 Å². The maximum atomic E-state index is 12.4. The van der Waals surface area contributed by atoms with Crippen LogP contribution >= 0.6 is 0 Å². The van der Waals surface area contributed by atoms with Gasteiger partial charge in [-0.15, -0.1) is 0 Å². The Balaban J connectivity index is 0.000000340. The molecule has 6 rings (SSSR count). The van der Waals surface area contributed by atoms with Gasteiger partial charge in [0.1, 0.15) is 0 Å². The Bertz CT molecular complexity index is 1340. The Kier molecular flexibility index (Phi) is 15.9. The number of rotatable bonds is 4. The van der Waals surface area contributed by atoms with Gasteiger partial charge in [0.2, 0.25) is 0 Å². The first-order chi connectivity index (χ1) is 20.3. The Morgan fingerprint density at radius 1 is 0.571 bits per heavy atom. The van der Waals surface area contributed by atoms with Crippen molar-refractivity contribution in [2.75, 3.05) is 0 Å². The summed E-state index contributed by atoms with van der Waals surface area (Å²) in [6.45, 7) is 19.8. The molecule has 0 aromatic heterocycles. The number of Topliss-reactive ketones (excluding diaryl/α,β-unsaturated/α-hetero) is 4. The predicted molar refractivity (Wildman–Crippen MR) is 176 cm³/mol. The fourth-order valence-corrected chi connectivity index (χ4v) is 5.11. The number of carbonyl (C=O) groups is 4. The summed E-state index contributed by atoms with van der Waals surface area (Å²) in [4.78, 5) is 48.4. The molecule has 0 atom stereocenters. The molecule has 0 saturated carbocycles. The average Bonchev–Trinajstić information content (AvgIpc) is 3.95. The van der Waals surface area contributed by atoms with E-state index in [0.29, 0.717) is 29.6 Å². The molecule has 4 heteroatoms. The number of fused-ring (bicyclic) bond motifs is 2. The molecule has 4 nitrogen and oxygen atoms in total. The summed E-state index contributed by atoms with van der Waals surface area (Å²) < 4.78 is 0. The molecule has 228 valence electrons. The van der Waals surface area contributed by atoms with Crippen molar-refractivity contribution in [2.45, 2.75) is 121 Å². The lowest BCUT2D eigenvalue weighted by molar-refractivity contribution is -0.116. The zero-order valence-corrected chi connectivity index (χ0v) is 27.8. The van der Waals surface area contributed by atoms with Crippen molar-refractivity contribution in [1.29, 1.82) is 0 Å². The largest absolute Gasteiger partial charge is 0.294 e. The number of carbonyl (C=O) groups excluding carboxylic acids is 4. The minimum absolute atomic E-state index is 0.0172. The zero-order chi connectivity index (χ0) is 32.0. The molecule has 0 aliphatic heterocycles. The summed E-state index contributed by atoms with van der Waals surface area (Å²) in [6.07, 6.45) is 6.46. The second-order valence-electron chi connectivity index (χ2n) is 9.80. The van der Waals surface area contributed by atoms with Crippen LogP contribution in [0.4, 0.5) is 0 Å². The van der Waals surface area contributed by atoms with Crippen LogP contribution in [-0.4, -0.2) is 23.1 Å². The van der Waals surface area contributed by atoms with Crippen LogP contribution in [-0.2, 0) is 22.4 Å². The lowest BCUT2D eigenvalue weighted by atomic mass is 9.87. The van der Waals surface area contributed by atoms with E-state index in [0.717, 1.165) is 60.8 Å². The van der Waals surface area contributed by atoms with Gasteiger partial charge < -0.3 is 0 Å². The van der Waals surface area contributed by atoms with Gasteiger partial charge in [0, 0.05) is 24.0 Å². The molecule has 0 bridgehead atoms. The summed E-state index contributed by atoms with van der Waals surface area (Å²) in [7, 11) is 0. The highest BCUT2D eigenvalue weighted by atomic mass is 16.2. The summed E-state index contributed by atoms with van der Waals surface area (Å²) in [5.74, 6) is -0.0934. The third-order valence-corrected chi connectivity index (χ3v) is 7.26. The molecule has 2 aromatic carbocycles. The lowest BCUT2D eigenvalue weighted by Gasteiger charge is -2.15. The van der Waals surface area contributed by atoms with Crippen molar-refractivity contribution < 1.29 is 19.2 Å². The molecule has 0 N–H and O–H groups in total. The summed E-state index contributed by atoms with van der Waals surface area (Å²) in [5, 5.41) is 0. The van der Waals surface area contributed by atoms with E-state index in [1.54, 1.807) is 0 Å². The minimum Gasteiger partial charge on any atom is -0.294 e. The van der Waals surface area contributed by atoms with Crippen LogP contribution in [0.3, 0.4) is 0 Å². The second-order valence-corrected chi connectivity index (χ2v) is 9.80. The van der Waals surface area contributed by atoms with Crippen LogP contribution in [0.25, 0.3) is 0 Å². The van der Waals surface area contributed by atoms with E-state index in [1.165, 1.54) is 16.7 Å². The first-order valence-corrected chi connectivity index (χ1v) is 16.1. The van der Waals surface area contributed by atoms with E-state index in [-0.39, 0.29) is 23.1 Å². The van der Waals surface area contributed by atoms with E-state index in [4.69, 9.17) is 0 Å². The molecular weight excluding hydrogens is 520 g/mol. The average molecular weight is 573 g/mol. The van der Waals surface area contributed by atoms with Crippen LogP contribution in [0.1, 0.15) is 151 Å². The van der Waals surface area contributed by atoms with E-state index in [1.807, 2.05) is 106 Å². The van der Waals surface area contributed by atoms with Gasteiger partial charge in [0.25, 0.3) is 0 Å². The summed E-state index contributed by atoms with van der Waals surface area (Å²) in [5.41, 5.74) is 9.18. The summed E-state index contributed by atoms with van der Waals surface area (Å²) >= 11 is 0. The molecule has 0 fully saturated rings. The van der Waals surface area contributed by atoms with Gasteiger partial charge in [-0.2, -0.15) is 0 Å². The van der Waals surface area contributed by atoms with Gasteiger partial charge in [0.15, 0.2) is 23.1 Å². The van der Waals surface area contributed by atoms with Crippen LogP contribution < -0.4 is 0 Å². The fourth-order valence-electron chi connectivity index (χ4n) is 5.11. The molecule has 4 aliphatic rings. The van der Waals surface area contributed by atoms with Gasteiger partial charge in [-0.05, 0) is 80.7 Å². The van der Waals surface area contributed by atoms with Gasteiger partial charge >= 0.3 is 0 Å². The van der Waals surface area contributed by atoms with E-state index < -0.39 is 0 Å². The fraction of sp³-hybridized carbons (Fsp3) is 0.474. The van der Waals surface area contributed by atoms with Crippen LogP contribution in [0.2, 0.25) is 0 Å². The highest BCUT2D eigenvalue weighted by Crippen LogP contribution is 2.34. The molecule has 42 heavy (non-hydrogen) atoms. The molecule has 2 aromatic rings. The quantitative estimate of drug-likeness (QED) is 0.180. The number of benzene rings is 2. The smallest absolute Gasteiger partial charge is 0.196 e.